The first kappa shape index (κ1) is 11.5. The minimum Gasteiger partial charge on any atom is -0.476 e. The normalized spacial score (nSPS) is 11.0. The van der Waals surface area contributed by atoms with E-state index in [1.54, 1.807) is 4.57 Å². The number of hydrogen-bond donors (Lipinski definition) is 1. The number of rotatable bonds is 3. The number of carbonyl (C=O) groups is 1. The van der Waals surface area contributed by atoms with Crippen molar-refractivity contribution < 1.29 is 9.90 Å². The molecule has 0 amide bonds. The van der Waals surface area contributed by atoms with Gasteiger partial charge in [-0.15, -0.1) is 0 Å². The van der Waals surface area contributed by atoms with E-state index in [-0.39, 0.29) is 5.69 Å². The number of aryl methyl sites for hydroxylation is 1. The molecule has 0 bridgehead atoms. The fourth-order valence-corrected chi connectivity index (χ4v) is 2.14. The lowest BCUT2D eigenvalue weighted by Crippen LogP contribution is -2.00. The van der Waals surface area contributed by atoms with Crippen molar-refractivity contribution in [2.45, 2.75) is 6.54 Å². The van der Waals surface area contributed by atoms with Gasteiger partial charge in [-0.3, -0.25) is 4.68 Å². The molecule has 3 aromatic rings. The maximum Gasteiger partial charge on any atom is 0.356 e. The summed E-state index contributed by atoms with van der Waals surface area (Å²) in [5.41, 5.74) is 1.99. The van der Waals surface area contributed by atoms with Gasteiger partial charge in [-0.05, 0) is 6.07 Å². The zero-order valence-corrected chi connectivity index (χ0v) is 10.3. The number of aromatic nitrogens is 4. The Kier molecular flexibility index (Phi) is 2.56. The Morgan fingerprint density at radius 1 is 1.37 bits per heavy atom. The Hall–Kier alpha value is -2.63. The van der Waals surface area contributed by atoms with Crippen molar-refractivity contribution >= 4 is 16.9 Å². The molecule has 1 aromatic carbocycles. The fraction of sp³-hybridized carbons (Fsp3) is 0.154. The first-order valence-electron chi connectivity index (χ1n) is 5.81. The van der Waals surface area contributed by atoms with Crippen LogP contribution in [0.25, 0.3) is 10.9 Å². The number of para-hydroxylation sites is 1. The van der Waals surface area contributed by atoms with Gasteiger partial charge in [0.15, 0.2) is 5.69 Å². The van der Waals surface area contributed by atoms with Gasteiger partial charge in [-0.2, -0.15) is 5.10 Å². The minimum absolute atomic E-state index is 0.0419. The Balaban J connectivity index is 1.98. The molecule has 0 atom stereocenters. The van der Waals surface area contributed by atoms with Crippen LogP contribution in [0.4, 0.5) is 0 Å². The van der Waals surface area contributed by atoms with Crippen molar-refractivity contribution in [3.8, 4) is 0 Å². The van der Waals surface area contributed by atoms with Crippen molar-refractivity contribution in [2.24, 2.45) is 7.05 Å². The average Bonchev–Trinajstić information content (AvgIpc) is 2.97. The number of nitrogens with zero attached hydrogens (tertiary/aromatic N) is 4. The first-order chi connectivity index (χ1) is 9.15. The third-order valence-corrected chi connectivity index (χ3v) is 3.02. The summed E-state index contributed by atoms with van der Waals surface area (Å²) in [6.07, 6.45) is 3.01. The maximum absolute atomic E-state index is 10.8. The summed E-state index contributed by atoms with van der Waals surface area (Å²) >= 11 is 0. The molecule has 19 heavy (non-hydrogen) atoms. The van der Waals surface area contributed by atoms with E-state index in [0.717, 1.165) is 16.6 Å². The van der Waals surface area contributed by atoms with E-state index in [4.69, 9.17) is 5.11 Å². The van der Waals surface area contributed by atoms with Gasteiger partial charge in [-0.25, -0.2) is 9.78 Å². The minimum atomic E-state index is -1.02. The Morgan fingerprint density at radius 2 is 2.16 bits per heavy atom. The highest BCUT2D eigenvalue weighted by molar-refractivity contribution is 5.85. The molecular formula is C13H12N4O2. The van der Waals surface area contributed by atoms with Crippen LogP contribution in [0.2, 0.25) is 0 Å². The molecule has 6 nitrogen and oxygen atoms in total. The molecule has 3 rings (SSSR count). The lowest BCUT2D eigenvalue weighted by molar-refractivity contribution is 0.0691. The Bertz CT molecular complexity index is 757. The molecular weight excluding hydrogens is 244 g/mol. The van der Waals surface area contributed by atoms with Gasteiger partial charge in [0.05, 0.1) is 24.1 Å². The summed E-state index contributed by atoms with van der Waals surface area (Å²) in [5.74, 6) is -1.02. The second kappa shape index (κ2) is 4.24. The number of hydrogen-bond acceptors (Lipinski definition) is 3. The van der Waals surface area contributed by atoms with E-state index < -0.39 is 5.97 Å². The molecule has 0 saturated heterocycles. The maximum atomic E-state index is 10.8. The number of carboxylic acid groups (broad SMARTS) is 1. The predicted molar refractivity (Wildman–Crippen MR) is 69.0 cm³/mol. The van der Waals surface area contributed by atoms with Crippen molar-refractivity contribution in [3.05, 3.63) is 48.2 Å². The van der Waals surface area contributed by atoms with Gasteiger partial charge in [0.1, 0.15) is 0 Å². The van der Waals surface area contributed by atoms with Crippen molar-refractivity contribution in [2.75, 3.05) is 0 Å². The highest BCUT2D eigenvalue weighted by atomic mass is 16.4. The van der Waals surface area contributed by atoms with Crippen molar-refractivity contribution in [3.63, 3.8) is 0 Å². The highest BCUT2D eigenvalue weighted by Gasteiger charge is 2.10. The van der Waals surface area contributed by atoms with Crippen LogP contribution >= 0.6 is 0 Å². The number of carboxylic acids is 1. The first-order valence-corrected chi connectivity index (χ1v) is 5.81. The second-order valence-electron chi connectivity index (χ2n) is 4.32. The SMILES string of the molecule is Cn1nc(Cn2cnc(C(=O)O)c2)c2ccccc21. The molecule has 6 heteroatoms. The summed E-state index contributed by atoms with van der Waals surface area (Å²) in [7, 11) is 1.89. The van der Waals surface area contributed by atoms with Gasteiger partial charge in [-0.1, -0.05) is 18.2 Å². The molecule has 2 heterocycles. The van der Waals surface area contributed by atoms with Gasteiger partial charge in [0.2, 0.25) is 0 Å². The van der Waals surface area contributed by atoms with Gasteiger partial charge >= 0.3 is 5.97 Å². The van der Waals surface area contributed by atoms with Crippen LogP contribution in [0.1, 0.15) is 16.2 Å². The Labute approximate surface area is 108 Å². The zero-order chi connectivity index (χ0) is 13.4. The number of fused-ring (bicyclic) bond motifs is 1. The number of aromatic carboxylic acids is 1. The molecule has 0 saturated carbocycles. The van der Waals surface area contributed by atoms with Crippen LogP contribution < -0.4 is 0 Å². The highest BCUT2D eigenvalue weighted by Crippen LogP contribution is 2.18. The van der Waals surface area contributed by atoms with E-state index in [1.807, 2.05) is 36.0 Å². The fourth-order valence-electron chi connectivity index (χ4n) is 2.14. The van der Waals surface area contributed by atoms with E-state index in [9.17, 15) is 4.79 Å². The van der Waals surface area contributed by atoms with E-state index in [1.165, 1.54) is 12.5 Å². The average molecular weight is 256 g/mol. The van der Waals surface area contributed by atoms with Crippen molar-refractivity contribution in [1.29, 1.82) is 0 Å². The smallest absolute Gasteiger partial charge is 0.356 e. The van der Waals surface area contributed by atoms with Crippen molar-refractivity contribution in [1.82, 2.24) is 19.3 Å². The largest absolute Gasteiger partial charge is 0.476 e. The lowest BCUT2D eigenvalue weighted by Gasteiger charge is -1.98. The molecule has 0 aliphatic heterocycles. The monoisotopic (exact) mass is 256 g/mol. The Morgan fingerprint density at radius 3 is 2.89 bits per heavy atom. The summed E-state index contributed by atoms with van der Waals surface area (Å²) in [6, 6.07) is 7.94. The van der Waals surface area contributed by atoms with Crippen LogP contribution in [0.15, 0.2) is 36.8 Å². The topological polar surface area (TPSA) is 72.9 Å². The van der Waals surface area contributed by atoms with E-state index >= 15 is 0 Å². The summed E-state index contributed by atoms with van der Waals surface area (Å²) < 4.78 is 3.54. The molecule has 0 aliphatic carbocycles. The van der Waals surface area contributed by atoms with Gasteiger partial charge in [0, 0.05) is 18.6 Å². The number of imidazole rings is 1. The summed E-state index contributed by atoms with van der Waals surface area (Å²) in [4.78, 5) is 14.6. The standard InChI is InChI=1S/C13H12N4O2/c1-16-12-5-3-2-4-9(12)10(15-16)6-17-7-11(13(18)19)14-8-17/h2-5,7-8H,6H2,1H3,(H,18,19). The van der Waals surface area contributed by atoms with Gasteiger partial charge < -0.3 is 9.67 Å². The molecule has 0 spiro atoms. The number of benzene rings is 1. The molecule has 96 valence electrons. The van der Waals surface area contributed by atoms with Crippen LogP contribution in [0.3, 0.4) is 0 Å². The third kappa shape index (κ3) is 1.97. The van der Waals surface area contributed by atoms with E-state index in [2.05, 4.69) is 10.1 Å². The third-order valence-electron chi connectivity index (χ3n) is 3.02. The van der Waals surface area contributed by atoms with Crippen LogP contribution in [-0.4, -0.2) is 30.4 Å². The molecule has 0 unspecified atom stereocenters. The van der Waals surface area contributed by atoms with Crippen LogP contribution in [0, 0.1) is 0 Å². The zero-order valence-electron chi connectivity index (χ0n) is 10.3. The van der Waals surface area contributed by atoms with E-state index in [0.29, 0.717) is 6.54 Å². The van der Waals surface area contributed by atoms with Crippen LogP contribution in [0.5, 0.6) is 0 Å². The molecule has 1 N–H and O–H groups in total. The van der Waals surface area contributed by atoms with Crippen LogP contribution in [-0.2, 0) is 13.6 Å². The lowest BCUT2D eigenvalue weighted by atomic mass is 10.2. The molecule has 0 fully saturated rings. The predicted octanol–water partition coefficient (Wildman–Crippen LogP) is 1.52. The molecule has 2 aromatic heterocycles. The van der Waals surface area contributed by atoms with Gasteiger partial charge in [0.25, 0.3) is 0 Å². The quantitative estimate of drug-likeness (QED) is 0.771. The molecule has 0 radical (unpaired) electrons. The molecule has 0 aliphatic rings. The summed E-state index contributed by atoms with van der Waals surface area (Å²) in [5, 5.41) is 14.4. The summed E-state index contributed by atoms with van der Waals surface area (Å²) in [6.45, 7) is 0.502. The second-order valence-corrected chi connectivity index (χ2v) is 4.32.